The Morgan fingerprint density at radius 2 is 2.00 bits per heavy atom. The van der Waals surface area contributed by atoms with E-state index >= 15 is 0 Å². The van der Waals surface area contributed by atoms with Crippen molar-refractivity contribution in [1.82, 2.24) is 4.90 Å². The molecule has 3 aliphatic heterocycles. The van der Waals surface area contributed by atoms with Crippen molar-refractivity contribution in [2.45, 2.75) is 6.42 Å². The third-order valence-corrected chi connectivity index (χ3v) is 6.32. The molecule has 0 bridgehead atoms. The largest absolute Gasteiger partial charge is 0.303 e. The Hall–Kier alpha value is -1.11. The van der Waals surface area contributed by atoms with Gasteiger partial charge < -0.3 is 4.90 Å². The zero-order chi connectivity index (χ0) is 13.9. The molecule has 1 unspecified atom stereocenters. The predicted molar refractivity (Wildman–Crippen MR) is 84.9 cm³/mol. The average Bonchev–Trinajstić information content (AvgIpc) is 3.04. The van der Waals surface area contributed by atoms with Crippen molar-refractivity contribution in [3.8, 4) is 0 Å². The van der Waals surface area contributed by atoms with E-state index in [9.17, 15) is 9.59 Å². The molecule has 0 saturated carbocycles. The number of hydrogen-bond acceptors (Lipinski definition) is 5. The van der Waals surface area contributed by atoms with Crippen molar-refractivity contribution in [1.29, 1.82) is 0 Å². The fourth-order valence-corrected chi connectivity index (χ4v) is 5.54. The number of ketones is 1. The topological polar surface area (TPSA) is 37.4 Å². The maximum absolute atomic E-state index is 12.1. The number of piperidine rings is 1. The van der Waals surface area contributed by atoms with Gasteiger partial charge in [0.25, 0.3) is 11.7 Å². The van der Waals surface area contributed by atoms with Gasteiger partial charge in [-0.2, -0.15) is 0 Å². The summed E-state index contributed by atoms with van der Waals surface area (Å²) in [5.41, 5.74) is 2.56. The summed E-state index contributed by atoms with van der Waals surface area (Å²) in [4.78, 5) is 26.5. The van der Waals surface area contributed by atoms with Gasteiger partial charge in [-0.15, -0.1) is 0 Å². The van der Waals surface area contributed by atoms with Gasteiger partial charge in [0.05, 0.1) is 10.8 Å². The predicted octanol–water partition coefficient (Wildman–Crippen LogP) is 2.77. The quantitative estimate of drug-likeness (QED) is 0.390. The number of allylic oxidation sites excluding steroid dienone is 3. The molecule has 1 fully saturated rings. The zero-order valence-electron chi connectivity index (χ0n) is 10.3. The Morgan fingerprint density at radius 1 is 1.25 bits per heavy atom. The SMILES string of the molecule is O=C1C(=O)N2CC(=S)C(=C3SC=CS3)C3CC=CC1=C32. The van der Waals surface area contributed by atoms with Crippen molar-refractivity contribution in [2.24, 2.45) is 5.92 Å². The molecular weight excluding hydrogens is 310 g/mol. The van der Waals surface area contributed by atoms with Gasteiger partial charge >= 0.3 is 0 Å². The highest BCUT2D eigenvalue weighted by atomic mass is 32.2. The second kappa shape index (κ2) is 4.44. The number of carbonyl (C=O) groups excluding carboxylic acids is 2. The number of hydrogen-bond donors (Lipinski definition) is 0. The minimum absolute atomic E-state index is 0.0570. The molecule has 0 N–H and O–H groups in total. The lowest BCUT2D eigenvalue weighted by Crippen LogP contribution is -2.41. The molecule has 0 aromatic carbocycles. The zero-order valence-corrected chi connectivity index (χ0v) is 12.7. The highest BCUT2D eigenvalue weighted by molar-refractivity contribution is 8.27. The summed E-state index contributed by atoms with van der Waals surface area (Å²) >= 11 is 8.87. The van der Waals surface area contributed by atoms with E-state index in [2.05, 4.69) is 0 Å². The van der Waals surface area contributed by atoms with Gasteiger partial charge in [-0.05, 0) is 22.8 Å². The number of thioether (sulfide) groups is 2. The molecule has 1 amide bonds. The molecule has 20 heavy (non-hydrogen) atoms. The first-order valence-corrected chi connectivity index (χ1v) is 8.38. The molecule has 1 aliphatic carbocycles. The van der Waals surface area contributed by atoms with Crippen LogP contribution in [0.15, 0.2) is 44.0 Å². The maximum atomic E-state index is 12.1. The van der Waals surface area contributed by atoms with Crippen LogP contribution in [0.5, 0.6) is 0 Å². The van der Waals surface area contributed by atoms with Crippen molar-refractivity contribution in [2.75, 3.05) is 6.54 Å². The number of Topliss-reactive ketones (excluding diaryl/α,β-unsaturated/α-hetero) is 1. The van der Waals surface area contributed by atoms with E-state index in [-0.39, 0.29) is 11.7 Å². The second-order valence-corrected chi connectivity index (χ2v) is 7.43. The van der Waals surface area contributed by atoms with Crippen LogP contribution in [0.25, 0.3) is 0 Å². The first-order valence-electron chi connectivity index (χ1n) is 6.21. The molecule has 3 nitrogen and oxygen atoms in total. The fourth-order valence-electron chi connectivity index (χ4n) is 3.00. The van der Waals surface area contributed by atoms with Crippen molar-refractivity contribution in [3.63, 3.8) is 0 Å². The van der Waals surface area contributed by atoms with E-state index in [1.54, 1.807) is 34.5 Å². The number of nitrogens with zero attached hydrogens (tertiary/aromatic N) is 1. The smallest absolute Gasteiger partial charge is 0.299 e. The summed E-state index contributed by atoms with van der Waals surface area (Å²) in [6.07, 6.45) is 4.57. The fraction of sp³-hybridized carbons (Fsp3) is 0.214. The van der Waals surface area contributed by atoms with Crippen LogP contribution in [-0.4, -0.2) is 28.0 Å². The standard InChI is InChI=1S/C14H9NO2S3/c16-12-8-3-1-2-7-10(14-19-4-5-20-14)9(18)6-15(11(7)8)13(12)17/h1,3-5,7H,2,6H2. The van der Waals surface area contributed by atoms with Crippen molar-refractivity contribution < 1.29 is 9.59 Å². The van der Waals surface area contributed by atoms with Crippen LogP contribution in [0.1, 0.15) is 6.42 Å². The first-order chi connectivity index (χ1) is 9.68. The highest BCUT2D eigenvalue weighted by Crippen LogP contribution is 2.49. The van der Waals surface area contributed by atoms with Gasteiger partial charge in [0, 0.05) is 22.1 Å². The normalized spacial score (nSPS) is 28.1. The van der Waals surface area contributed by atoms with Crippen molar-refractivity contribution >= 4 is 52.3 Å². The molecule has 1 atom stereocenters. The lowest BCUT2D eigenvalue weighted by atomic mass is 9.83. The van der Waals surface area contributed by atoms with Crippen LogP contribution < -0.4 is 0 Å². The number of amides is 1. The van der Waals surface area contributed by atoms with Crippen LogP contribution in [0.3, 0.4) is 0 Å². The molecule has 3 heterocycles. The van der Waals surface area contributed by atoms with Gasteiger partial charge in [-0.1, -0.05) is 47.9 Å². The maximum Gasteiger partial charge on any atom is 0.299 e. The molecule has 4 rings (SSSR count). The molecule has 6 heteroatoms. The van der Waals surface area contributed by atoms with E-state index in [1.807, 2.05) is 16.9 Å². The van der Waals surface area contributed by atoms with Crippen LogP contribution >= 0.6 is 35.7 Å². The van der Waals surface area contributed by atoms with Crippen LogP contribution in [0.2, 0.25) is 0 Å². The number of thiocarbonyl (C=S) groups is 1. The third-order valence-electron chi connectivity index (χ3n) is 3.81. The van der Waals surface area contributed by atoms with Crippen LogP contribution in [0, 0.1) is 5.92 Å². The molecule has 0 aromatic rings. The Labute approximate surface area is 129 Å². The molecule has 0 aromatic heterocycles. The minimum Gasteiger partial charge on any atom is -0.303 e. The Kier molecular flexibility index (Phi) is 2.80. The summed E-state index contributed by atoms with van der Waals surface area (Å²) in [7, 11) is 0. The van der Waals surface area contributed by atoms with Gasteiger partial charge in [-0.25, -0.2) is 0 Å². The van der Waals surface area contributed by atoms with Gasteiger partial charge in [0.2, 0.25) is 0 Å². The molecule has 1 saturated heterocycles. The van der Waals surface area contributed by atoms with E-state index in [0.29, 0.717) is 12.1 Å². The number of rotatable bonds is 0. The highest BCUT2D eigenvalue weighted by Gasteiger charge is 2.47. The summed E-state index contributed by atoms with van der Waals surface area (Å²) in [6.45, 7) is 0.364. The summed E-state index contributed by atoms with van der Waals surface area (Å²) in [5, 5.41) is 4.09. The third kappa shape index (κ3) is 1.58. The Balaban J connectivity index is 1.89. The minimum atomic E-state index is -0.428. The van der Waals surface area contributed by atoms with E-state index < -0.39 is 5.91 Å². The molecule has 4 aliphatic rings. The van der Waals surface area contributed by atoms with Crippen LogP contribution in [-0.2, 0) is 9.59 Å². The van der Waals surface area contributed by atoms with Gasteiger partial charge in [-0.3, -0.25) is 9.59 Å². The summed E-state index contributed by atoms with van der Waals surface area (Å²) in [5.74, 6) is -0.760. The summed E-state index contributed by atoms with van der Waals surface area (Å²) < 4.78 is 1.19. The Morgan fingerprint density at radius 3 is 2.75 bits per heavy atom. The summed E-state index contributed by atoms with van der Waals surface area (Å²) in [6, 6.07) is 0. The molecule has 0 radical (unpaired) electrons. The lowest BCUT2D eigenvalue weighted by molar-refractivity contribution is -0.139. The monoisotopic (exact) mass is 319 g/mol. The van der Waals surface area contributed by atoms with Crippen molar-refractivity contribution in [3.05, 3.63) is 44.0 Å². The second-order valence-electron chi connectivity index (χ2n) is 4.84. The van der Waals surface area contributed by atoms with Gasteiger partial charge in [0.1, 0.15) is 0 Å². The molecular formula is C14H9NO2S3. The van der Waals surface area contributed by atoms with Crippen LogP contribution in [0.4, 0.5) is 0 Å². The van der Waals surface area contributed by atoms with E-state index in [0.717, 1.165) is 22.6 Å². The molecule has 100 valence electrons. The molecule has 0 spiro atoms. The Bertz CT molecular complexity index is 689. The lowest BCUT2D eigenvalue weighted by Gasteiger charge is -2.36. The average molecular weight is 319 g/mol. The van der Waals surface area contributed by atoms with E-state index in [4.69, 9.17) is 12.2 Å². The number of carbonyl (C=O) groups is 2. The first kappa shape index (κ1) is 12.6. The van der Waals surface area contributed by atoms with Gasteiger partial charge in [0.15, 0.2) is 0 Å². The van der Waals surface area contributed by atoms with E-state index in [1.165, 1.54) is 4.24 Å².